The highest BCUT2D eigenvalue weighted by molar-refractivity contribution is 6.02. The molecule has 0 amide bonds. The molecule has 0 radical (unpaired) electrons. The van der Waals surface area contributed by atoms with Gasteiger partial charge in [0.25, 0.3) is 0 Å². The SMILES string of the molecule is CC1(C)CCc2cc(COO)ccc2C1=O. The van der Waals surface area contributed by atoms with Crippen molar-refractivity contribution >= 4 is 5.78 Å². The molecule has 1 aromatic rings. The van der Waals surface area contributed by atoms with Crippen LogP contribution in [0, 0.1) is 5.41 Å². The molecule has 0 bridgehead atoms. The van der Waals surface area contributed by atoms with Gasteiger partial charge in [-0.15, -0.1) is 0 Å². The number of rotatable bonds is 2. The number of carbonyl (C=O) groups is 1. The van der Waals surface area contributed by atoms with Crippen LogP contribution in [0.1, 0.15) is 41.8 Å². The molecule has 0 saturated carbocycles. The molecule has 3 heteroatoms. The highest BCUT2D eigenvalue weighted by Crippen LogP contribution is 2.34. The highest BCUT2D eigenvalue weighted by atomic mass is 17.1. The van der Waals surface area contributed by atoms with Crippen LogP contribution in [-0.4, -0.2) is 11.0 Å². The first kappa shape index (κ1) is 11.3. The van der Waals surface area contributed by atoms with Gasteiger partial charge in [-0.3, -0.25) is 10.1 Å². The Labute approximate surface area is 95.0 Å². The van der Waals surface area contributed by atoms with E-state index in [1.54, 1.807) is 0 Å². The Morgan fingerprint density at radius 1 is 1.44 bits per heavy atom. The minimum absolute atomic E-state index is 0.171. The van der Waals surface area contributed by atoms with Gasteiger partial charge in [0.05, 0.1) is 0 Å². The van der Waals surface area contributed by atoms with Gasteiger partial charge in [0.2, 0.25) is 0 Å². The second kappa shape index (κ2) is 4.00. The van der Waals surface area contributed by atoms with Crippen LogP contribution in [0.2, 0.25) is 0 Å². The Bertz CT molecular complexity index is 421. The normalized spacial score (nSPS) is 18.3. The maximum Gasteiger partial charge on any atom is 0.168 e. The van der Waals surface area contributed by atoms with Gasteiger partial charge >= 0.3 is 0 Å². The number of benzene rings is 1. The van der Waals surface area contributed by atoms with Crippen LogP contribution in [0.15, 0.2) is 18.2 Å². The highest BCUT2D eigenvalue weighted by Gasteiger charge is 2.33. The van der Waals surface area contributed by atoms with Crippen molar-refractivity contribution in [1.82, 2.24) is 0 Å². The van der Waals surface area contributed by atoms with Crippen molar-refractivity contribution in [2.75, 3.05) is 0 Å². The number of fused-ring (bicyclic) bond motifs is 1. The van der Waals surface area contributed by atoms with Crippen molar-refractivity contribution in [3.8, 4) is 0 Å². The monoisotopic (exact) mass is 220 g/mol. The molecule has 1 aliphatic carbocycles. The van der Waals surface area contributed by atoms with Crippen molar-refractivity contribution in [2.45, 2.75) is 33.3 Å². The quantitative estimate of drug-likeness (QED) is 0.615. The third-order valence-electron chi connectivity index (χ3n) is 3.28. The van der Waals surface area contributed by atoms with Crippen LogP contribution >= 0.6 is 0 Å². The summed E-state index contributed by atoms with van der Waals surface area (Å²) < 4.78 is 0. The molecule has 86 valence electrons. The average Bonchev–Trinajstić information content (AvgIpc) is 2.25. The second-order valence-electron chi connectivity index (χ2n) is 4.98. The van der Waals surface area contributed by atoms with Gasteiger partial charge in [0.1, 0.15) is 6.61 Å². The fourth-order valence-corrected chi connectivity index (χ4v) is 2.16. The molecule has 0 saturated heterocycles. The van der Waals surface area contributed by atoms with Crippen LogP contribution in [-0.2, 0) is 17.9 Å². The van der Waals surface area contributed by atoms with Gasteiger partial charge in [-0.1, -0.05) is 32.0 Å². The Hall–Kier alpha value is -1.19. The lowest BCUT2D eigenvalue weighted by Crippen LogP contribution is -2.30. The molecule has 16 heavy (non-hydrogen) atoms. The predicted molar refractivity (Wildman–Crippen MR) is 60.3 cm³/mol. The summed E-state index contributed by atoms with van der Waals surface area (Å²) in [5.74, 6) is 0.213. The smallest absolute Gasteiger partial charge is 0.168 e. The number of hydrogen-bond acceptors (Lipinski definition) is 3. The molecule has 3 nitrogen and oxygen atoms in total. The zero-order valence-electron chi connectivity index (χ0n) is 9.62. The standard InChI is InChI=1S/C13H16O3/c1-13(2)6-5-10-7-9(8-16-15)3-4-11(10)12(13)14/h3-4,7,15H,5-6,8H2,1-2H3. The van der Waals surface area contributed by atoms with E-state index in [2.05, 4.69) is 4.89 Å². The van der Waals surface area contributed by atoms with Crippen LogP contribution < -0.4 is 0 Å². The molecule has 0 unspecified atom stereocenters. The van der Waals surface area contributed by atoms with Crippen molar-refractivity contribution in [2.24, 2.45) is 5.41 Å². The molecule has 0 atom stereocenters. The lowest BCUT2D eigenvalue weighted by atomic mass is 9.73. The van der Waals surface area contributed by atoms with Crippen LogP contribution in [0.25, 0.3) is 0 Å². The molecule has 2 rings (SSSR count). The van der Waals surface area contributed by atoms with Gasteiger partial charge < -0.3 is 0 Å². The van der Waals surface area contributed by atoms with Gasteiger partial charge in [-0.25, -0.2) is 4.89 Å². The molecule has 0 spiro atoms. The number of ketones is 1. The Balaban J connectivity index is 2.37. The predicted octanol–water partition coefficient (Wildman–Crippen LogP) is 2.83. The number of Topliss-reactive ketones (excluding diaryl/α,β-unsaturated/α-hetero) is 1. The molecule has 0 heterocycles. The lowest BCUT2D eigenvalue weighted by Gasteiger charge is -2.29. The lowest BCUT2D eigenvalue weighted by molar-refractivity contribution is -0.253. The average molecular weight is 220 g/mol. The fraction of sp³-hybridized carbons (Fsp3) is 0.462. The molecular weight excluding hydrogens is 204 g/mol. The zero-order valence-corrected chi connectivity index (χ0v) is 9.62. The van der Waals surface area contributed by atoms with Crippen LogP contribution in [0.4, 0.5) is 0 Å². The van der Waals surface area contributed by atoms with E-state index in [1.807, 2.05) is 32.0 Å². The summed E-state index contributed by atoms with van der Waals surface area (Å²) in [6.45, 7) is 4.15. The van der Waals surface area contributed by atoms with E-state index in [0.717, 1.165) is 29.5 Å². The van der Waals surface area contributed by atoms with Gasteiger partial charge in [-0.05, 0) is 24.0 Å². The maximum absolute atomic E-state index is 12.1. The van der Waals surface area contributed by atoms with Crippen LogP contribution in [0.5, 0.6) is 0 Å². The first-order valence-corrected chi connectivity index (χ1v) is 5.47. The molecule has 0 aliphatic heterocycles. The molecular formula is C13H16O3. The van der Waals surface area contributed by atoms with E-state index in [1.165, 1.54) is 0 Å². The van der Waals surface area contributed by atoms with Gasteiger partial charge in [-0.2, -0.15) is 0 Å². The van der Waals surface area contributed by atoms with E-state index < -0.39 is 0 Å². The summed E-state index contributed by atoms with van der Waals surface area (Å²) in [4.78, 5) is 16.2. The summed E-state index contributed by atoms with van der Waals surface area (Å²) in [6, 6.07) is 5.61. The summed E-state index contributed by atoms with van der Waals surface area (Å²) >= 11 is 0. The molecule has 1 N–H and O–H groups in total. The third kappa shape index (κ3) is 1.88. The second-order valence-corrected chi connectivity index (χ2v) is 4.98. The fourth-order valence-electron chi connectivity index (χ4n) is 2.16. The third-order valence-corrected chi connectivity index (χ3v) is 3.28. The first-order chi connectivity index (χ1) is 7.54. The molecule has 0 fully saturated rings. The maximum atomic E-state index is 12.1. The summed E-state index contributed by atoms with van der Waals surface area (Å²) in [7, 11) is 0. The van der Waals surface area contributed by atoms with Crippen molar-refractivity contribution in [1.29, 1.82) is 0 Å². The minimum Gasteiger partial charge on any atom is -0.294 e. The van der Waals surface area contributed by atoms with Crippen LogP contribution in [0.3, 0.4) is 0 Å². The zero-order chi connectivity index (χ0) is 11.8. The topological polar surface area (TPSA) is 46.5 Å². The Morgan fingerprint density at radius 3 is 2.88 bits per heavy atom. The van der Waals surface area contributed by atoms with Crippen molar-refractivity contribution < 1.29 is 14.9 Å². The summed E-state index contributed by atoms with van der Waals surface area (Å²) in [5, 5.41) is 8.39. The van der Waals surface area contributed by atoms with E-state index in [9.17, 15) is 4.79 Å². The Kier molecular flexibility index (Phi) is 2.82. The van der Waals surface area contributed by atoms with E-state index in [-0.39, 0.29) is 17.8 Å². The summed E-state index contributed by atoms with van der Waals surface area (Å²) in [5.41, 5.74) is 2.53. The van der Waals surface area contributed by atoms with Crippen molar-refractivity contribution in [3.05, 3.63) is 34.9 Å². The molecule has 0 aromatic heterocycles. The van der Waals surface area contributed by atoms with E-state index in [0.29, 0.717) is 0 Å². The van der Waals surface area contributed by atoms with Crippen molar-refractivity contribution in [3.63, 3.8) is 0 Å². The van der Waals surface area contributed by atoms with Gasteiger partial charge in [0.15, 0.2) is 5.78 Å². The summed E-state index contributed by atoms with van der Waals surface area (Å²) in [6.07, 6.45) is 1.79. The number of carbonyl (C=O) groups excluding carboxylic acids is 1. The van der Waals surface area contributed by atoms with E-state index >= 15 is 0 Å². The first-order valence-electron chi connectivity index (χ1n) is 5.47. The molecule has 1 aromatic carbocycles. The van der Waals surface area contributed by atoms with Gasteiger partial charge in [0, 0.05) is 11.0 Å². The largest absolute Gasteiger partial charge is 0.294 e. The number of hydrogen-bond donors (Lipinski definition) is 1. The number of aryl methyl sites for hydroxylation is 1. The minimum atomic E-state index is -0.248. The van der Waals surface area contributed by atoms with E-state index in [4.69, 9.17) is 5.26 Å². The molecule has 1 aliphatic rings. The Morgan fingerprint density at radius 2 is 2.19 bits per heavy atom.